The van der Waals surface area contributed by atoms with Crippen molar-refractivity contribution in [3.05, 3.63) is 0 Å². The lowest BCUT2D eigenvalue weighted by Gasteiger charge is -2.47. The van der Waals surface area contributed by atoms with Gasteiger partial charge in [0.2, 0.25) is 0 Å². The number of hydrogen-bond acceptors (Lipinski definition) is 3. The number of hydrogen-bond donors (Lipinski definition) is 0. The average molecular weight is 265 g/mol. The van der Waals surface area contributed by atoms with Gasteiger partial charge in [-0.05, 0) is 52.6 Å². The van der Waals surface area contributed by atoms with Crippen LogP contribution in [0, 0.1) is 0 Å². The molecule has 0 bridgehead atoms. The first kappa shape index (κ1) is 13.8. The third-order valence-electron chi connectivity index (χ3n) is 5.69. The smallest absolute Gasteiger partial charge is 0.0121 e. The van der Waals surface area contributed by atoms with E-state index in [0.717, 1.165) is 18.1 Å². The molecular formula is C16H31N3. The van der Waals surface area contributed by atoms with Gasteiger partial charge in [0.25, 0.3) is 0 Å². The van der Waals surface area contributed by atoms with Crippen LogP contribution in [-0.4, -0.2) is 72.1 Å². The van der Waals surface area contributed by atoms with Gasteiger partial charge in [-0.3, -0.25) is 9.80 Å². The predicted octanol–water partition coefficient (Wildman–Crippen LogP) is 2.03. The minimum atomic E-state index is 0.733. The number of likely N-dealkylation sites (tertiary alicyclic amines) is 1. The number of nitrogens with zero attached hydrogens (tertiary/aromatic N) is 3. The van der Waals surface area contributed by atoms with Gasteiger partial charge in [0.15, 0.2) is 0 Å². The van der Waals surface area contributed by atoms with Crippen LogP contribution in [-0.2, 0) is 0 Å². The Labute approximate surface area is 118 Å². The molecule has 3 fully saturated rings. The molecule has 3 rings (SSSR count). The van der Waals surface area contributed by atoms with Crippen molar-refractivity contribution in [1.29, 1.82) is 0 Å². The molecule has 0 atom stereocenters. The van der Waals surface area contributed by atoms with E-state index in [-0.39, 0.29) is 0 Å². The molecule has 1 aliphatic carbocycles. The number of rotatable bonds is 3. The number of piperazine rings is 1. The Hall–Kier alpha value is -0.120. The fourth-order valence-corrected chi connectivity index (χ4v) is 3.99. The molecule has 0 N–H and O–H groups in total. The molecule has 0 aromatic heterocycles. The lowest BCUT2D eigenvalue weighted by Crippen LogP contribution is -2.56. The van der Waals surface area contributed by atoms with Crippen molar-refractivity contribution in [1.82, 2.24) is 14.7 Å². The third kappa shape index (κ3) is 3.14. The molecule has 0 amide bonds. The Balaban J connectivity index is 1.42. The van der Waals surface area contributed by atoms with Crippen LogP contribution in [0.4, 0.5) is 0 Å². The molecule has 3 heteroatoms. The van der Waals surface area contributed by atoms with E-state index in [1.165, 1.54) is 71.4 Å². The molecular weight excluding hydrogens is 234 g/mol. The fourth-order valence-electron chi connectivity index (χ4n) is 3.99. The second kappa shape index (κ2) is 6.11. The fraction of sp³-hybridized carbons (Fsp3) is 1.00. The van der Waals surface area contributed by atoms with E-state index in [0.29, 0.717) is 0 Å². The molecule has 3 nitrogen and oxygen atoms in total. The summed E-state index contributed by atoms with van der Waals surface area (Å²) in [6, 6.07) is 2.56. The van der Waals surface area contributed by atoms with Gasteiger partial charge >= 0.3 is 0 Å². The van der Waals surface area contributed by atoms with Crippen LogP contribution in [0.1, 0.15) is 46.0 Å². The first-order valence-corrected chi connectivity index (χ1v) is 8.46. The van der Waals surface area contributed by atoms with Crippen molar-refractivity contribution >= 4 is 0 Å². The molecule has 2 aliphatic heterocycles. The SMILES string of the molecule is CC(C)N1CCC(N2CCN(C3CCC3)CC2)CC1. The maximum absolute atomic E-state index is 2.78. The highest BCUT2D eigenvalue weighted by molar-refractivity contribution is 4.88. The van der Waals surface area contributed by atoms with Crippen LogP contribution < -0.4 is 0 Å². The molecule has 19 heavy (non-hydrogen) atoms. The van der Waals surface area contributed by atoms with E-state index in [9.17, 15) is 0 Å². The standard InChI is InChI=1S/C16H31N3/c1-14(2)17-8-6-16(7-9-17)19-12-10-18(11-13-19)15-4-3-5-15/h14-16H,3-13H2,1-2H3. The van der Waals surface area contributed by atoms with E-state index in [1.807, 2.05) is 0 Å². The second-order valence-electron chi connectivity index (χ2n) is 7.02. The molecule has 2 saturated heterocycles. The minimum absolute atomic E-state index is 0.733. The zero-order valence-corrected chi connectivity index (χ0v) is 12.9. The summed E-state index contributed by atoms with van der Waals surface area (Å²) in [5, 5.41) is 0. The molecule has 3 aliphatic rings. The summed E-state index contributed by atoms with van der Waals surface area (Å²) in [5.41, 5.74) is 0. The summed E-state index contributed by atoms with van der Waals surface area (Å²) in [6.45, 7) is 12.6. The van der Waals surface area contributed by atoms with Gasteiger partial charge in [-0.1, -0.05) is 6.42 Å². The highest BCUT2D eigenvalue weighted by Crippen LogP contribution is 2.27. The zero-order valence-electron chi connectivity index (χ0n) is 12.9. The maximum atomic E-state index is 2.78. The van der Waals surface area contributed by atoms with E-state index in [4.69, 9.17) is 0 Å². The van der Waals surface area contributed by atoms with Gasteiger partial charge in [-0.15, -0.1) is 0 Å². The summed E-state index contributed by atoms with van der Waals surface area (Å²) in [7, 11) is 0. The Morgan fingerprint density at radius 2 is 1.16 bits per heavy atom. The lowest BCUT2D eigenvalue weighted by atomic mass is 9.91. The monoisotopic (exact) mass is 265 g/mol. The van der Waals surface area contributed by atoms with Gasteiger partial charge in [0.1, 0.15) is 0 Å². The van der Waals surface area contributed by atoms with Gasteiger partial charge in [-0.2, -0.15) is 0 Å². The van der Waals surface area contributed by atoms with Crippen molar-refractivity contribution in [3.8, 4) is 0 Å². The van der Waals surface area contributed by atoms with Gasteiger partial charge in [-0.25, -0.2) is 0 Å². The summed E-state index contributed by atoms with van der Waals surface area (Å²) < 4.78 is 0. The van der Waals surface area contributed by atoms with Crippen molar-refractivity contribution in [2.75, 3.05) is 39.3 Å². The summed E-state index contributed by atoms with van der Waals surface area (Å²) in [5.74, 6) is 0. The quantitative estimate of drug-likeness (QED) is 0.773. The lowest BCUT2D eigenvalue weighted by molar-refractivity contribution is 0.0215. The van der Waals surface area contributed by atoms with Crippen molar-refractivity contribution in [2.45, 2.75) is 64.1 Å². The predicted molar refractivity (Wildman–Crippen MR) is 80.5 cm³/mol. The largest absolute Gasteiger partial charge is 0.301 e. The number of piperidine rings is 1. The average Bonchev–Trinajstić information content (AvgIpc) is 2.38. The van der Waals surface area contributed by atoms with E-state index in [1.54, 1.807) is 0 Å². The molecule has 0 radical (unpaired) electrons. The van der Waals surface area contributed by atoms with Crippen LogP contribution in [0.15, 0.2) is 0 Å². The molecule has 2 heterocycles. The topological polar surface area (TPSA) is 9.72 Å². The summed E-state index contributed by atoms with van der Waals surface area (Å²) in [6.07, 6.45) is 7.18. The van der Waals surface area contributed by atoms with E-state index < -0.39 is 0 Å². The van der Waals surface area contributed by atoms with E-state index >= 15 is 0 Å². The summed E-state index contributed by atoms with van der Waals surface area (Å²) >= 11 is 0. The Bertz CT molecular complexity index is 272. The van der Waals surface area contributed by atoms with Crippen molar-refractivity contribution in [3.63, 3.8) is 0 Å². The third-order valence-corrected chi connectivity index (χ3v) is 5.69. The Kier molecular flexibility index (Phi) is 4.45. The van der Waals surface area contributed by atoms with Crippen LogP contribution >= 0.6 is 0 Å². The molecule has 110 valence electrons. The van der Waals surface area contributed by atoms with Gasteiger partial charge in [0, 0.05) is 44.3 Å². The molecule has 0 aromatic rings. The van der Waals surface area contributed by atoms with Crippen LogP contribution in [0.3, 0.4) is 0 Å². The second-order valence-corrected chi connectivity index (χ2v) is 7.02. The van der Waals surface area contributed by atoms with Crippen LogP contribution in [0.2, 0.25) is 0 Å². The highest BCUT2D eigenvalue weighted by Gasteiger charge is 2.31. The highest BCUT2D eigenvalue weighted by atomic mass is 15.3. The van der Waals surface area contributed by atoms with Gasteiger partial charge < -0.3 is 4.90 Å². The van der Waals surface area contributed by atoms with Crippen LogP contribution in [0.5, 0.6) is 0 Å². The molecule has 0 unspecified atom stereocenters. The molecule has 0 spiro atoms. The van der Waals surface area contributed by atoms with E-state index in [2.05, 4.69) is 28.5 Å². The van der Waals surface area contributed by atoms with Crippen molar-refractivity contribution < 1.29 is 0 Å². The summed E-state index contributed by atoms with van der Waals surface area (Å²) in [4.78, 5) is 8.18. The Morgan fingerprint density at radius 3 is 1.53 bits per heavy atom. The molecule has 1 saturated carbocycles. The maximum Gasteiger partial charge on any atom is 0.0121 e. The van der Waals surface area contributed by atoms with Gasteiger partial charge in [0.05, 0.1) is 0 Å². The zero-order chi connectivity index (χ0) is 13.2. The normalized spacial score (nSPS) is 29.8. The first-order chi connectivity index (χ1) is 9.24. The molecule has 0 aromatic carbocycles. The first-order valence-electron chi connectivity index (χ1n) is 8.46. The minimum Gasteiger partial charge on any atom is -0.301 e. The Morgan fingerprint density at radius 1 is 0.684 bits per heavy atom. The van der Waals surface area contributed by atoms with Crippen LogP contribution in [0.25, 0.3) is 0 Å². The van der Waals surface area contributed by atoms with Crippen molar-refractivity contribution in [2.24, 2.45) is 0 Å².